The molecule has 0 spiro atoms. The van der Waals surface area contributed by atoms with Crippen LogP contribution in [-0.2, 0) is 11.2 Å². The molecular formula is C15H19NO3S. The molecule has 1 aromatic rings. The molecule has 1 aromatic heterocycles. The van der Waals surface area contributed by atoms with Gasteiger partial charge in [-0.05, 0) is 37.2 Å². The first-order chi connectivity index (χ1) is 9.61. The molecule has 20 heavy (non-hydrogen) atoms. The quantitative estimate of drug-likeness (QED) is 0.894. The van der Waals surface area contributed by atoms with Crippen molar-refractivity contribution in [3.05, 3.63) is 16.5 Å². The number of hydrogen-bond donors (Lipinski definition) is 2. The molecule has 2 aliphatic carbocycles. The zero-order valence-electron chi connectivity index (χ0n) is 11.5. The summed E-state index contributed by atoms with van der Waals surface area (Å²) in [5.74, 6) is 0.259. The highest BCUT2D eigenvalue weighted by atomic mass is 32.1. The number of aryl methyl sites for hydroxylation is 1. The first-order valence-electron chi connectivity index (χ1n) is 7.28. The van der Waals surface area contributed by atoms with Crippen molar-refractivity contribution in [3.8, 4) is 0 Å². The molecule has 1 amide bonds. The van der Waals surface area contributed by atoms with Crippen LogP contribution < -0.4 is 5.32 Å². The Morgan fingerprint density at radius 3 is 2.55 bits per heavy atom. The van der Waals surface area contributed by atoms with Gasteiger partial charge in [0, 0.05) is 10.8 Å². The van der Waals surface area contributed by atoms with Gasteiger partial charge in [-0.2, -0.15) is 0 Å². The predicted molar refractivity (Wildman–Crippen MR) is 78.2 cm³/mol. The molecule has 0 aliphatic heterocycles. The molecule has 5 heteroatoms. The number of carbonyl (C=O) groups is 2. The van der Waals surface area contributed by atoms with E-state index in [0.29, 0.717) is 16.8 Å². The number of rotatable bonds is 4. The standard InChI is InChI=1S/C15H19NO3S/c1-2-8-7-11(15(18)19)14(20-8)16-13(17)12-9-5-3-4-6-10(9)12/h7,9-10,12H,2-6H2,1H3,(H,16,17)(H,18,19). The SMILES string of the molecule is CCc1cc(C(=O)O)c(NC(=O)C2C3CCCCC32)s1. The third-order valence-electron chi connectivity index (χ3n) is 4.56. The van der Waals surface area contributed by atoms with Crippen molar-refractivity contribution in [2.24, 2.45) is 17.8 Å². The van der Waals surface area contributed by atoms with E-state index >= 15 is 0 Å². The van der Waals surface area contributed by atoms with Gasteiger partial charge in [-0.3, -0.25) is 4.79 Å². The third-order valence-corrected chi connectivity index (χ3v) is 5.75. The van der Waals surface area contributed by atoms with E-state index in [-0.39, 0.29) is 17.4 Å². The van der Waals surface area contributed by atoms with Crippen LogP contribution >= 0.6 is 11.3 Å². The normalized spacial score (nSPS) is 27.8. The number of anilines is 1. The summed E-state index contributed by atoms with van der Waals surface area (Å²) < 4.78 is 0. The van der Waals surface area contributed by atoms with Crippen LogP contribution in [0.3, 0.4) is 0 Å². The molecule has 2 N–H and O–H groups in total. The van der Waals surface area contributed by atoms with Crippen LogP contribution in [0.5, 0.6) is 0 Å². The van der Waals surface area contributed by atoms with Crippen molar-refractivity contribution in [1.82, 2.24) is 0 Å². The molecule has 2 atom stereocenters. The first-order valence-corrected chi connectivity index (χ1v) is 8.10. The number of carbonyl (C=O) groups excluding carboxylic acids is 1. The maximum absolute atomic E-state index is 12.3. The van der Waals surface area contributed by atoms with Crippen LogP contribution in [0.2, 0.25) is 0 Å². The minimum absolute atomic E-state index is 0.0221. The lowest BCUT2D eigenvalue weighted by Crippen LogP contribution is -2.16. The van der Waals surface area contributed by atoms with Gasteiger partial charge in [0.05, 0.1) is 5.56 Å². The van der Waals surface area contributed by atoms with Gasteiger partial charge in [-0.25, -0.2) is 4.79 Å². The molecule has 2 unspecified atom stereocenters. The lowest BCUT2D eigenvalue weighted by molar-refractivity contribution is -0.117. The van der Waals surface area contributed by atoms with E-state index < -0.39 is 5.97 Å². The van der Waals surface area contributed by atoms with Crippen molar-refractivity contribution in [2.75, 3.05) is 5.32 Å². The third kappa shape index (κ3) is 2.35. The molecule has 1 heterocycles. The molecule has 0 bridgehead atoms. The van der Waals surface area contributed by atoms with Gasteiger partial charge >= 0.3 is 5.97 Å². The Hall–Kier alpha value is -1.36. The van der Waals surface area contributed by atoms with Crippen LogP contribution in [0.1, 0.15) is 47.8 Å². The minimum atomic E-state index is -0.968. The smallest absolute Gasteiger partial charge is 0.338 e. The monoisotopic (exact) mass is 293 g/mol. The van der Waals surface area contributed by atoms with Crippen molar-refractivity contribution >= 4 is 28.2 Å². The van der Waals surface area contributed by atoms with Crippen molar-refractivity contribution in [1.29, 1.82) is 0 Å². The molecule has 2 saturated carbocycles. The molecule has 0 saturated heterocycles. The van der Waals surface area contributed by atoms with Gasteiger partial charge in [-0.15, -0.1) is 11.3 Å². The number of hydrogen-bond acceptors (Lipinski definition) is 3. The van der Waals surface area contributed by atoms with E-state index in [1.54, 1.807) is 6.07 Å². The Bertz CT molecular complexity index is 539. The number of fused-ring (bicyclic) bond motifs is 1. The van der Waals surface area contributed by atoms with Crippen molar-refractivity contribution in [2.45, 2.75) is 39.0 Å². The summed E-state index contributed by atoms with van der Waals surface area (Å²) in [4.78, 5) is 24.5. The fourth-order valence-electron chi connectivity index (χ4n) is 3.44. The van der Waals surface area contributed by atoms with Crippen molar-refractivity contribution < 1.29 is 14.7 Å². The number of carboxylic acids is 1. The van der Waals surface area contributed by atoms with Gasteiger partial charge in [-0.1, -0.05) is 19.8 Å². The Morgan fingerprint density at radius 2 is 2.00 bits per heavy atom. The molecule has 2 fully saturated rings. The summed E-state index contributed by atoms with van der Waals surface area (Å²) in [6, 6.07) is 1.67. The van der Waals surface area contributed by atoms with Gasteiger partial charge < -0.3 is 10.4 Å². The van der Waals surface area contributed by atoms with Crippen LogP contribution in [0.15, 0.2) is 6.07 Å². The number of carboxylic acid groups (broad SMARTS) is 1. The highest BCUT2D eigenvalue weighted by Crippen LogP contribution is 2.55. The van der Waals surface area contributed by atoms with E-state index in [2.05, 4.69) is 5.32 Å². The largest absolute Gasteiger partial charge is 0.478 e. The molecule has 2 aliphatic rings. The highest BCUT2D eigenvalue weighted by molar-refractivity contribution is 7.16. The van der Waals surface area contributed by atoms with Crippen LogP contribution in [0.25, 0.3) is 0 Å². The van der Waals surface area contributed by atoms with E-state index in [9.17, 15) is 14.7 Å². The number of aromatic carboxylic acids is 1. The fourth-order valence-corrected chi connectivity index (χ4v) is 4.44. The van der Waals surface area contributed by atoms with E-state index in [4.69, 9.17) is 0 Å². The molecular weight excluding hydrogens is 274 g/mol. The van der Waals surface area contributed by atoms with Crippen LogP contribution in [0, 0.1) is 17.8 Å². The topological polar surface area (TPSA) is 66.4 Å². The van der Waals surface area contributed by atoms with Gasteiger partial charge in [0.2, 0.25) is 5.91 Å². The number of amides is 1. The van der Waals surface area contributed by atoms with E-state index in [0.717, 1.165) is 24.1 Å². The summed E-state index contributed by atoms with van der Waals surface area (Å²) in [5.41, 5.74) is 0.226. The zero-order chi connectivity index (χ0) is 14.3. The summed E-state index contributed by atoms with van der Waals surface area (Å²) in [6.45, 7) is 1.98. The van der Waals surface area contributed by atoms with Gasteiger partial charge in [0.1, 0.15) is 5.00 Å². The molecule has 0 radical (unpaired) electrons. The number of nitrogens with one attached hydrogen (secondary N) is 1. The fraction of sp³-hybridized carbons (Fsp3) is 0.600. The zero-order valence-corrected chi connectivity index (χ0v) is 12.3. The Balaban J connectivity index is 1.73. The summed E-state index contributed by atoms with van der Waals surface area (Å²) in [6.07, 6.45) is 5.54. The second kappa shape index (κ2) is 5.20. The Labute approximate surface area is 122 Å². The lowest BCUT2D eigenvalue weighted by Gasteiger charge is -2.04. The summed E-state index contributed by atoms with van der Waals surface area (Å²) >= 11 is 1.38. The second-order valence-electron chi connectivity index (χ2n) is 5.74. The number of thiophene rings is 1. The average molecular weight is 293 g/mol. The van der Waals surface area contributed by atoms with Crippen LogP contribution in [-0.4, -0.2) is 17.0 Å². The van der Waals surface area contributed by atoms with Gasteiger partial charge in [0.25, 0.3) is 0 Å². The predicted octanol–water partition coefficient (Wildman–Crippen LogP) is 3.38. The van der Waals surface area contributed by atoms with E-state index in [1.807, 2.05) is 6.92 Å². The molecule has 0 aromatic carbocycles. The average Bonchev–Trinajstić information content (AvgIpc) is 3.03. The highest BCUT2D eigenvalue weighted by Gasteiger charge is 2.54. The molecule has 4 nitrogen and oxygen atoms in total. The lowest BCUT2D eigenvalue weighted by atomic mass is 10.0. The maximum atomic E-state index is 12.3. The Morgan fingerprint density at radius 1 is 1.35 bits per heavy atom. The molecule has 3 rings (SSSR count). The minimum Gasteiger partial charge on any atom is -0.478 e. The van der Waals surface area contributed by atoms with Gasteiger partial charge in [0.15, 0.2) is 0 Å². The second-order valence-corrected chi connectivity index (χ2v) is 6.88. The van der Waals surface area contributed by atoms with Crippen molar-refractivity contribution in [3.63, 3.8) is 0 Å². The van der Waals surface area contributed by atoms with E-state index in [1.165, 1.54) is 24.2 Å². The van der Waals surface area contributed by atoms with Crippen LogP contribution in [0.4, 0.5) is 5.00 Å². The Kier molecular flexibility index (Phi) is 3.54. The summed E-state index contributed by atoms with van der Waals surface area (Å²) in [5, 5.41) is 12.6. The molecule has 108 valence electrons. The maximum Gasteiger partial charge on any atom is 0.338 e. The summed E-state index contributed by atoms with van der Waals surface area (Å²) in [7, 11) is 0. The first kappa shape index (κ1) is 13.6.